The van der Waals surface area contributed by atoms with E-state index in [1.807, 2.05) is 26.0 Å². The third-order valence-corrected chi connectivity index (χ3v) is 9.91. The van der Waals surface area contributed by atoms with Crippen LogP contribution in [0.5, 0.6) is 0 Å². The Bertz CT molecular complexity index is 668. The zero-order valence-electron chi connectivity index (χ0n) is 16.2. The van der Waals surface area contributed by atoms with Gasteiger partial charge < -0.3 is 9.16 Å². The molecule has 9 heteroatoms. The third kappa shape index (κ3) is 6.43. The summed E-state index contributed by atoms with van der Waals surface area (Å²) >= 11 is 0. The fourth-order valence-electron chi connectivity index (χ4n) is 2.01. The zero-order chi connectivity index (χ0) is 19.5. The van der Waals surface area contributed by atoms with Gasteiger partial charge in [0.05, 0.1) is 17.9 Å². The van der Waals surface area contributed by atoms with Crippen molar-refractivity contribution in [2.75, 3.05) is 5.94 Å². The van der Waals surface area contributed by atoms with Gasteiger partial charge in [0.1, 0.15) is 0 Å². The van der Waals surface area contributed by atoms with Gasteiger partial charge in [0.2, 0.25) is 10.0 Å². The number of hydrazine groups is 1. The topological polar surface area (TPSA) is 104 Å². The maximum atomic E-state index is 11.2. The molecule has 0 radical (unpaired) electrons. The van der Waals surface area contributed by atoms with Gasteiger partial charge in [0.15, 0.2) is 14.3 Å². The smallest absolute Gasteiger partial charge is 0.248 e. The number of ether oxygens (including phenoxy) is 1. The van der Waals surface area contributed by atoms with E-state index in [9.17, 15) is 8.42 Å². The molecule has 1 rings (SSSR count). The number of pyridine rings is 1. The lowest BCUT2D eigenvalue weighted by Crippen LogP contribution is -2.46. The Kier molecular flexibility index (Phi) is 6.93. The highest BCUT2D eigenvalue weighted by atomic mass is 32.2. The van der Waals surface area contributed by atoms with Gasteiger partial charge in [-0.1, -0.05) is 26.8 Å². The standard InChI is InChI=1S/C16H31N3O4SSi/c1-15(2,3)25(6,7)23-16(4,5)14-9-8-13(10-18-14)11-22-12-24(20,21)19-17/h8-10,19H,11-12,17H2,1-7H3. The lowest BCUT2D eigenvalue weighted by atomic mass is 10.0. The highest BCUT2D eigenvalue weighted by Gasteiger charge is 2.42. The van der Waals surface area contributed by atoms with E-state index >= 15 is 0 Å². The number of hydrogen-bond acceptors (Lipinski definition) is 6. The minimum Gasteiger partial charge on any atom is -0.406 e. The van der Waals surface area contributed by atoms with Crippen LogP contribution in [0.3, 0.4) is 0 Å². The first-order valence-electron chi connectivity index (χ1n) is 8.14. The Morgan fingerprint density at radius 3 is 2.24 bits per heavy atom. The Hall–Kier alpha value is -0.843. The van der Waals surface area contributed by atoms with Gasteiger partial charge in [-0.15, -0.1) is 0 Å². The van der Waals surface area contributed by atoms with Gasteiger partial charge in [0.25, 0.3) is 0 Å². The fraction of sp³-hybridized carbons (Fsp3) is 0.688. The van der Waals surface area contributed by atoms with Crippen molar-refractivity contribution < 1.29 is 17.6 Å². The van der Waals surface area contributed by atoms with E-state index < -0.39 is 29.9 Å². The molecule has 0 amide bonds. The first kappa shape index (κ1) is 22.2. The van der Waals surface area contributed by atoms with Gasteiger partial charge >= 0.3 is 0 Å². The molecule has 0 bridgehead atoms. The fourth-order valence-corrected chi connectivity index (χ4v) is 4.07. The number of hydrogen-bond donors (Lipinski definition) is 2. The van der Waals surface area contributed by atoms with E-state index in [0.29, 0.717) is 0 Å². The predicted molar refractivity (Wildman–Crippen MR) is 101 cm³/mol. The number of sulfonamides is 1. The van der Waals surface area contributed by atoms with Crippen molar-refractivity contribution in [2.24, 2.45) is 5.84 Å². The zero-order valence-corrected chi connectivity index (χ0v) is 18.0. The van der Waals surface area contributed by atoms with Crippen LogP contribution < -0.4 is 10.7 Å². The Balaban J connectivity index is 2.78. The lowest BCUT2D eigenvalue weighted by molar-refractivity contribution is 0.0854. The number of aromatic nitrogens is 1. The van der Waals surface area contributed by atoms with Crippen LogP contribution in [0.1, 0.15) is 45.9 Å². The molecular formula is C16H31N3O4SSi. The molecule has 0 unspecified atom stereocenters. The van der Waals surface area contributed by atoms with E-state index in [1.54, 1.807) is 11.0 Å². The number of nitrogens with two attached hydrogens (primary N) is 1. The minimum atomic E-state index is -3.59. The molecule has 144 valence electrons. The van der Waals surface area contributed by atoms with E-state index in [2.05, 4.69) is 38.8 Å². The van der Waals surface area contributed by atoms with Crippen LogP contribution >= 0.6 is 0 Å². The lowest BCUT2D eigenvalue weighted by Gasteiger charge is -2.42. The molecule has 0 saturated carbocycles. The molecule has 1 heterocycles. The van der Waals surface area contributed by atoms with Crippen molar-refractivity contribution in [1.29, 1.82) is 0 Å². The quantitative estimate of drug-likeness (QED) is 0.402. The van der Waals surface area contributed by atoms with E-state index in [-0.39, 0.29) is 11.6 Å². The first-order valence-corrected chi connectivity index (χ1v) is 12.7. The predicted octanol–water partition coefficient (Wildman–Crippen LogP) is 2.61. The summed E-state index contributed by atoms with van der Waals surface area (Å²) in [7, 11) is -5.52. The van der Waals surface area contributed by atoms with Crippen molar-refractivity contribution in [3.63, 3.8) is 0 Å². The highest BCUT2D eigenvalue weighted by Crippen LogP contribution is 2.41. The van der Waals surface area contributed by atoms with Crippen LogP contribution in [0, 0.1) is 0 Å². The summed E-state index contributed by atoms with van der Waals surface area (Å²) in [6.45, 7) is 15.2. The molecule has 3 N–H and O–H groups in total. The molecule has 0 aromatic carbocycles. The van der Waals surface area contributed by atoms with Crippen LogP contribution in [0.2, 0.25) is 18.1 Å². The van der Waals surface area contributed by atoms with Crippen LogP contribution in [0.25, 0.3) is 0 Å². The van der Waals surface area contributed by atoms with Gasteiger partial charge in [-0.3, -0.25) is 10.8 Å². The molecule has 0 fully saturated rings. The summed E-state index contributed by atoms with van der Waals surface area (Å²) in [5.74, 6) is 4.40. The monoisotopic (exact) mass is 389 g/mol. The molecular weight excluding hydrogens is 358 g/mol. The largest absolute Gasteiger partial charge is 0.406 e. The Morgan fingerprint density at radius 2 is 1.80 bits per heavy atom. The SMILES string of the molecule is CC(C)(O[Si](C)(C)C(C)(C)C)c1ccc(COCS(=O)(=O)NN)cn1. The minimum absolute atomic E-state index is 0.112. The second-order valence-corrected chi connectivity index (χ2v) is 14.5. The molecule has 1 aromatic heterocycles. The maximum absolute atomic E-state index is 11.2. The normalized spacial score (nSPS) is 13.9. The summed E-state index contributed by atoms with van der Waals surface area (Å²) in [5, 5.41) is 0.112. The van der Waals surface area contributed by atoms with Gasteiger partial charge in [-0.05, 0) is 43.6 Å². The molecule has 7 nitrogen and oxygen atoms in total. The second kappa shape index (κ2) is 7.81. The molecule has 0 aliphatic carbocycles. The average molecular weight is 390 g/mol. The summed E-state index contributed by atoms with van der Waals surface area (Å²) in [5.41, 5.74) is 1.10. The molecule has 0 aliphatic rings. The van der Waals surface area contributed by atoms with Crippen LogP contribution in [-0.4, -0.2) is 27.7 Å². The summed E-state index contributed by atoms with van der Waals surface area (Å²) in [4.78, 5) is 6.19. The van der Waals surface area contributed by atoms with E-state index in [4.69, 9.17) is 15.0 Å². The number of nitrogens with zero attached hydrogens (tertiary/aromatic N) is 1. The number of rotatable bonds is 8. The summed E-state index contributed by atoms with van der Waals surface area (Å²) in [6.07, 6.45) is 1.68. The van der Waals surface area contributed by atoms with Crippen molar-refractivity contribution >= 4 is 18.3 Å². The number of nitrogens with one attached hydrogen (secondary N) is 1. The van der Waals surface area contributed by atoms with Crippen molar-refractivity contribution in [3.05, 3.63) is 29.6 Å². The first-order chi connectivity index (χ1) is 11.2. The third-order valence-electron chi connectivity index (χ3n) is 4.44. The average Bonchev–Trinajstić information content (AvgIpc) is 2.45. The molecule has 0 saturated heterocycles. The maximum Gasteiger partial charge on any atom is 0.248 e. The highest BCUT2D eigenvalue weighted by molar-refractivity contribution is 7.89. The summed E-state index contributed by atoms with van der Waals surface area (Å²) < 4.78 is 34.0. The van der Waals surface area contributed by atoms with Crippen LogP contribution in [0.4, 0.5) is 0 Å². The summed E-state index contributed by atoms with van der Waals surface area (Å²) in [6, 6.07) is 3.75. The van der Waals surface area contributed by atoms with Crippen molar-refractivity contribution in [1.82, 2.24) is 9.82 Å². The van der Waals surface area contributed by atoms with E-state index in [0.717, 1.165) is 11.3 Å². The van der Waals surface area contributed by atoms with Gasteiger partial charge in [-0.2, -0.15) is 4.83 Å². The molecule has 0 aliphatic heterocycles. The van der Waals surface area contributed by atoms with Gasteiger partial charge in [0, 0.05) is 6.20 Å². The van der Waals surface area contributed by atoms with Crippen LogP contribution in [-0.2, 0) is 31.4 Å². The van der Waals surface area contributed by atoms with Crippen molar-refractivity contribution in [3.8, 4) is 0 Å². The van der Waals surface area contributed by atoms with E-state index in [1.165, 1.54) is 0 Å². The van der Waals surface area contributed by atoms with Crippen molar-refractivity contribution in [2.45, 2.75) is 65.0 Å². The molecule has 25 heavy (non-hydrogen) atoms. The second-order valence-electron chi connectivity index (χ2n) is 8.12. The Labute approximate surface area is 152 Å². The molecule has 0 spiro atoms. The molecule has 1 aromatic rings. The van der Waals surface area contributed by atoms with Crippen LogP contribution in [0.15, 0.2) is 18.3 Å². The molecule has 0 atom stereocenters. The van der Waals surface area contributed by atoms with Gasteiger partial charge in [-0.25, -0.2) is 8.42 Å². The Morgan fingerprint density at radius 1 is 1.20 bits per heavy atom.